The van der Waals surface area contributed by atoms with Gasteiger partial charge < -0.3 is 0 Å². The van der Waals surface area contributed by atoms with Crippen molar-refractivity contribution in [1.82, 2.24) is 0 Å². The first-order valence-corrected chi connectivity index (χ1v) is 5.82. The zero-order valence-electron chi connectivity index (χ0n) is 9.79. The van der Waals surface area contributed by atoms with E-state index in [9.17, 15) is 9.18 Å². The molecule has 1 fully saturated rings. The van der Waals surface area contributed by atoms with Crippen molar-refractivity contribution in [3.63, 3.8) is 0 Å². The second-order valence-corrected chi connectivity index (χ2v) is 5.10. The lowest BCUT2D eigenvalue weighted by Gasteiger charge is -2.16. The first-order valence-electron chi connectivity index (χ1n) is 5.82. The molecule has 1 nitrogen and oxygen atoms in total. The van der Waals surface area contributed by atoms with Gasteiger partial charge in [-0.1, -0.05) is 26.0 Å². The monoisotopic (exact) mass is 220 g/mol. The summed E-state index contributed by atoms with van der Waals surface area (Å²) in [5, 5.41) is 0. The molecule has 2 heteroatoms. The van der Waals surface area contributed by atoms with Crippen molar-refractivity contribution in [2.45, 2.75) is 33.1 Å². The lowest BCUT2D eigenvalue weighted by atomic mass is 9.87. The van der Waals surface area contributed by atoms with Gasteiger partial charge in [0.05, 0.1) is 0 Å². The van der Waals surface area contributed by atoms with E-state index < -0.39 is 0 Å². The minimum absolute atomic E-state index is 0.1000. The number of Topliss-reactive ketones (excluding diaryl/α,β-unsaturated/α-hetero) is 1. The van der Waals surface area contributed by atoms with Crippen molar-refractivity contribution < 1.29 is 9.18 Å². The molecule has 16 heavy (non-hydrogen) atoms. The Morgan fingerprint density at radius 2 is 1.88 bits per heavy atom. The third kappa shape index (κ3) is 2.16. The van der Waals surface area contributed by atoms with Crippen LogP contribution in [0.1, 0.15) is 32.3 Å². The Morgan fingerprint density at radius 3 is 2.31 bits per heavy atom. The zero-order chi connectivity index (χ0) is 11.8. The lowest BCUT2D eigenvalue weighted by Crippen LogP contribution is -2.23. The summed E-state index contributed by atoms with van der Waals surface area (Å²) in [4.78, 5) is 12.0. The van der Waals surface area contributed by atoms with Crippen LogP contribution in [-0.2, 0) is 11.2 Å². The van der Waals surface area contributed by atoms with E-state index in [0.717, 1.165) is 24.8 Å². The fourth-order valence-corrected chi connectivity index (χ4v) is 2.27. The SMILES string of the molecule is CC(C)C(=O)C1(Cc2ccc(F)cc2)CC1. The third-order valence-corrected chi connectivity index (χ3v) is 3.36. The average molecular weight is 220 g/mol. The summed E-state index contributed by atoms with van der Waals surface area (Å²) in [6.07, 6.45) is 2.74. The molecule has 0 N–H and O–H groups in total. The number of halogens is 1. The molecule has 0 heterocycles. The lowest BCUT2D eigenvalue weighted by molar-refractivity contribution is -0.127. The predicted octanol–water partition coefficient (Wildman–Crippen LogP) is 3.37. The van der Waals surface area contributed by atoms with E-state index in [1.807, 2.05) is 13.8 Å². The molecule has 0 aliphatic heterocycles. The molecule has 2 rings (SSSR count). The van der Waals surface area contributed by atoms with Gasteiger partial charge in [-0.3, -0.25) is 4.79 Å². The van der Waals surface area contributed by atoms with Crippen molar-refractivity contribution in [2.75, 3.05) is 0 Å². The Labute approximate surface area is 95.7 Å². The largest absolute Gasteiger partial charge is 0.299 e. The highest BCUT2D eigenvalue weighted by Gasteiger charge is 2.49. The summed E-state index contributed by atoms with van der Waals surface area (Å²) in [7, 11) is 0. The van der Waals surface area contributed by atoms with Crippen LogP contribution in [0.5, 0.6) is 0 Å². The molecule has 1 aliphatic rings. The summed E-state index contributed by atoms with van der Waals surface area (Å²) >= 11 is 0. The quantitative estimate of drug-likeness (QED) is 0.760. The molecular weight excluding hydrogens is 203 g/mol. The van der Waals surface area contributed by atoms with E-state index in [4.69, 9.17) is 0 Å². The van der Waals surface area contributed by atoms with Crippen molar-refractivity contribution in [2.24, 2.45) is 11.3 Å². The zero-order valence-corrected chi connectivity index (χ0v) is 9.79. The average Bonchev–Trinajstić information content (AvgIpc) is 3.01. The summed E-state index contributed by atoms with van der Waals surface area (Å²) in [6, 6.07) is 6.49. The third-order valence-electron chi connectivity index (χ3n) is 3.36. The molecule has 86 valence electrons. The Hall–Kier alpha value is -1.18. The van der Waals surface area contributed by atoms with Gasteiger partial charge in [0.1, 0.15) is 11.6 Å². The standard InChI is InChI=1S/C14H17FO/c1-10(2)13(16)14(7-8-14)9-11-3-5-12(15)6-4-11/h3-6,10H,7-9H2,1-2H3. The number of rotatable bonds is 4. The van der Waals surface area contributed by atoms with Gasteiger partial charge in [0.15, 0.2) is 0 Å². The second kappa shape index (κ2) is 4.00. The van der Waals surface area contributed by atoms with Gasteiger partial charge in [0, 0.05) is 11.3 Å². The summed E-state index contributed by atoms with van der Waals surface area (Å²) < 4.78 is 12.8. The van der Waals surface area contributed by atoms with Crippen LogP contribution >= 0.6 is 0 Å². The van der Waals surface area contributed by atoms with E-state index in [1.165, 1.54) is 12.1 Å². The highest BCUT2D eigenvalue weighted by atomic mass is 19.1. The number of carbonyl (C=O) groups is 1. The van der Waals surface area contributed by atoms with Gasteiger partial charge in [0.25, 0.3) is 0 Å². The minimum Gasteiger partial charge on any atom is -0.299 e. The van der Waals surface area contributed by atoms with Crippen molar-refractivity contribution in [3.05, 3.63) is 35.6 Å². The molecule has 1 aromatic rings. The van der Waals surface area contributed by atoms with Crippen LogP contribution in [0.4, 0.5) is 4.39 Å². The van der Waals surface area contributed by atoms with E-state index in [2.05, 4.69) is 0 Å². The molecule has 0 amide bonds. The first kappa shape index (κ1) is 11.3. The highest BCUT2D eigenvalue weighted by Crippen LogP contribution is 2.50. The normalized spacial score (nSPS) is 17.5. The number of ketones is 1. The Balaban J connectivity index is 2.10. The summed E-state index contributed by atoms with van der Waals surface area (Å²) in [5.41, 5.74) is 0.930. The molecule has 0 unspecified atom stereocenters. The minimum atomic E-state index is -0.219. The van der Waals surface area contributed by atoms with Crippen LogP contribution < -0.4 is 0 Å². The molecule has 0 radical (unpaired) electrons. The van der Waals surface area contributed by atoms with E-state index >= 15 is 0 Å². The van der Waals surface area contributed by atoms with Crippen LogP contribution in [0, 0.1) is 17.2 Å². The second-order valence-electron chi connectivity index (χ2n) is 5.10. The van der Waals surface area contributed by atoms with Gasteiger partial charge in [-0.2, -0.15) is 0 Å². The Kier molecular flexibility index (Phi) is 2.83. The molecule has 0 aromatic heterocycles. The fourth-order valence-electron chi connectivity index (χ4n) is 2.27. The highest BCUT2D eigenvalue weighted by molar-refractivity contribution is 5.89. The molecule has 1 aliphatic carbocycles. The van der Waals surface area contributed by atoms with E-state index in [0.29, 0.717) is 5.78 Å². The van der Waals surface area contributed by atoms with Gasteiger partial charge in [-0.15, -0.1) is 0 Å². The Morgan fingerprint density at radius 1 is 1.31 bits per heavy atom. The number of benzene rings is 1. The van der Waals surface area contributed by atoms with Crippen LogP contribution in [-0.4, -0.2) is 5.78 Å². The van der Waals surface area contributed by atoms with Gasteiger partial charge in [-0.25, -0.2) is 4.39 Å². The van der Waals surface area contributed by atoms with Crippen molar-refractivity contribution >= 4 is 5.78 Å². The van der Waals surface area contributed by atoms with Crippen molar-refractivity contribution in [3.8, 4) is 0 Å². The topological polar surface area (TPSA) is 17.1 Å². The maximum absolute atomic E-state index is 12.8. The molecule has 0 bridgehead atoms. The van der Waals surface area contributed by atoms with Gasteiger partial charge in [0.2, 0.25) is 0 Å². The van der Waals surface area contributed by atoms with Gasteiger partial charge in [-0.05, 0) is 37.0 Å². The van der Waals surface area contributed by atoms with Crippen LogP contribution in [0.15, 0.2) is 24.3 Å². The summed E-state index contributed by atoms with van der Waals surface area (Å²) in [6.45, 7) is 3.90. The fraction of sp³-hybridized carbons (Fsp3) is 0.500. The predicted molar refractivity (Wildman–Crippen MR) is 61.6 cm³/mol. The molecular formula is C14H17FO. The van der Waals surface area contributed by atoms with Crippen LogP contribution in [0.3, 0.4) is 0 Å². The smallest absolute Gasteiger partial charge is 0.141 e. The number of carbonyl (C=O) groups excluding carboxylic acids is 1. The van der Waals surface area contributed by atoms with E-state index in [1.54, 1.807) is 12.1 Å². The maximum atomic E-state index is 12.8. The first-order chi connectivity index (χ1) is 7.53. The molecule has 0 saturated heterocycles. The van der Waals surface area contributed by atoms with Crippen LogP contribution in [0.2, 0.25) is 0 Å². The molecule has 1 saturated carbocycles. The number of hydrogen-bond acceptors (Lipinski definition) is 1. The number of hydrogen-bond donors (Lipinski definition) is 0. The molecule has 0 atom stereocenters. The molecule has 1 aromatic carbocycles. The van der Waals surface area contributed by atoms with Gasteiger partial charge >= 0.3 is 0 Å². The Bertz CT molecular complexity index is 388. The maximum Gasteiger partial charge on any atom is 0.141 e. The van der Waals surface area contributed by atoms with Crippen molar-refractivity contribution in [1.29, 1.82) is 0 Å². The van der Waals surface area contributed by atoms with Crippen LogP contribution in [0.25, 0.3) is 0 Å². The molecule has 0 spiro atoms. The van der Waals surface area contributed by atoms with E-state index in [-0.39, 0.29) is 17.2 Å². The summed E-state index contributed by atoms with van der Waals surface area (Å²) in [5.74, 6) is 0.239.